The Balaban J connectivity index is 4.15. The van der Waals surface area contributed by atoms with E-state index in [1.807, 2.05) is 21.1 Å². The van der Waals surface area contributed by atoms with E-state index in [1.165, 1.54) is 6.08 Å². The van der Waals surface area contributed by atoms with E-state index in [-0.39, 0.29) is 18.6 Å². The summed E-state index contributed by atoms with van der Waals surface area (Å²) in [7, 11) is 1.61. The van der Waals surface area contributed by atoms with Crippen molar-refractivity contribution >= 4 is 13.8 Å². The Morgan fingerprint density at radius 2 is 1.86 bits per heavy atom. The van der Waals surface area contributed by atoms with Gasteiger partial charge in [-0.15, -0.1) is 0 Å². The van der Waals surface area contributed by atoms with Crippen molar-refractivity contribution < 1.29 is 32.9 Å². The zero-order valence-electron chi connectivity index (χ0n) is 13.2. The predicted molar refractivity (Wildman–Crippen MR) is 79.4 cm³/mol. The fourth-order valence-electron chi connectivity index (χ4n) is 1.90. The van der Waals surface area contributed by atoms with E-state index < -0.39 is 7.82 Å². The van der Waals surface area contributed by atoms with Gasteiger partial charge in [0.2, 0.25) is 0 Å². The molecule has 0 heterocycles. The largest absolute Gasteiger partial charge is 0.469 e. The first-order valence-electron chi connectivity index (χ1n) is 6.87. The van der Waals surface area contributed by atoms with Crippen LogP contribution in [0.15, 0.2) is 12.2 Å². The first-order chi connectivity index (χ1) is 9.56. The molecule has 0 aromatic heterocycles. The molecule has 0 fully saturated rings. The quantitative estimate of drug-likeness (QED) is 0.208. The molecule has 0 aliphatic heterocycles. The Bertz CT molecular complexity index is 385. The van der Waals surface area contributed by atoms with Gasteiger partial charge in [0, 0.05) is 18.9 Å². The van der Waals surface area contributed by atoms with Crippen LogP contribution in [0, 0.1) is 0 Å². The van der Waals surface area contributed by atoms with Crippen LogP contribution >= 0.6 is 7.82 Å². The minimum atomic E-state index is -4.41. The standard InChI is InChI=1S/C13H26NO6P/c1-5-7-13(15)19-10-6-8-12(14(2,3)4)9-11-20-21(16,17)18/h5,7,12H,6,8-11H2,1-4H3,(H-,16,17,18)/p+1. The summed E-state index contributed by atoms with van der Waals surface area (Å²) in [5.41, 5.74) is 0. The molecule has 1 atom stereocenters. The van der Waals surface area contributed by atoms with E-state index in [0.717, 1.165) is 6.42 Å². The summed E-state index contributed by atoms with van der Waals surface area (Å²) in [5.74, 6) is -0.357. The molecule has 21 heavy (non-hydrogen) atoms. The maximum atomic E-state index is 11.1. The van der Waals surface area contributed by atoms with Crippen molar-refractivity contribution in [2.24, 2.45) is 0 Å². The van der Waals surface area contributed by atoms with Crippen LogP contribution in [0.25, 0.3) is 0 Å². The molecule has 0 spiro atoms. The number of allylic oxidation sites excluding steroid dienone is 1. The molecule has 0 aliphatic carbocycles. The maximum absolute atomic E-state index is 11.1. The lowest BCUT2D eigenvalue weighted by atomic mass is 10.1. The lowest BCUT2D eigenvalue weighted by Crippen LogP contribution is -2.45. The van der Waals surface area contributed by atoms with Crippen LogP contribution in [0.5, 0.6) is 0 Å². The molecule has 0 saturated heterocycles. The average molecular weight is 324 g/mol. The van der Waals surface area contributed by atoms with Crippen LogP contribution in [0.2, 0.25) is 0 Å². The third-order valence-corrected chi connectivity index (χ3v) is 3.55. The molecule has 8 heteroatoms. The van der Waals surface area contributed by atoms with Crippen molar-refractivity contribution in [1.29, 1.82) is 0 Å². The van der Waals surface area contributed by atoms with Gasteiger partial charge in [0.05, 0.1) is 40.4 Å². The van der Waals surface area contributed by atoms with Gasteiger partial charge < -0.3 is 19.0 Å². The summed E-state index contributed by atoms with van der Waals surface area (Å²) in [6.07, 6.45) is 4.98. The van der Waals surface area contributed by atoms with E-state index in [0.29, 0.717) is 23.9 Å². The Morgan fingerprint density at radius 3 is 2.33 bits per heavy atom. The highest BCUT2D eigenvalue weighted by molar-refractivity contribution is 7.46. The number of quaternary nitrogens is 1. The van der Waals surface area contributed by atoms with Gasteiger partial charge in [-0.05, 0) is 13.3 Å². The van der Waals surface area contributed by atoms with Gasteiger partial charge in [-0.2, -0.15) is 0 Å². The monoisotopic (exact) mass is 324 g/mol. The lowest BCUT2D eigenvalue weighted by molar-refractivity contribution is -0.896. The molecule has 0 rings (SSSR count). The third kappa shape index (κ3) is 11.6. The van der Waals surface area contributed by atoms with Crippen LogP contribution in [-0.2, 0) is 18.6 Å². The molecule has 0 radical (unpaired) electrons. The summed E-state index contributed by atoms with van der Waals surface area (Å²) in [4.78, 5) is 28.5. The molecule has 2 N–H and O–H groups in total. The molecular formula is C13H27NO6P+. The van der Waals surface area contributed by atoms with Gasteiger partial charge >= 0.3 is 13.8 Å². The summed E-state index contributed by atoms with van der Waals surface area (Å²) in [5, 5.41) is 0. The van der Waals surface area contributed by atoms with Crippen molar-refractivity contribution in [2.75, 3.05) is 34.4 Å². The van der Waals surface area contributed by atoms with Crippen LogP contribution in [0.4, 0.5) is 0 Å². The summed E-state index contributed by atoms with van der Waals surface area (Å²) >= 11 is 0. The van der Waals surface area contributed by atoms with Gasteiger partial charge in [-0.3, -0.25) is 4.52 Å². The van der Waals surface area contributed by atoms with Crippen molar-refractivity contribution in [1.82, 2.24) is 0 Å². The Hall–Kier alpha value is -0.720. The highest BCUT2D eigenvalue weighted by atomic mass is 31.2. The normalized spacial score (nSPS) is 14.4. The third-order valence-electron chi connectivity index (χ3n) is 3.03. The smallest absolute Gasteiger partial charge is 0.463 e. The SMILES string of the molecule is CC=CC(=O)OCCCC(CCOP(=O)(O)O)[N+](C)(C)C. The number of nitrogens with zero attached hydrogens (tertiary/aromatic N) is 1. The van der Waals surface area contributed by atoms with Crippen LogP contribution in [-0.4, -0.2) is 60.6 Å². The maximum Gasteiger partial charge on any atom is 0.469 e. The Labute approximate surface area is 126 Å². The molecule has 0 aliphatic rings. The van der Waals surface area contributed by atoms with Crippen molar-refractivity contribution in [2.45, 2.75) is 32.2 Å². The second-order valence-electron chi connectivity index (χ2n) is 5.69. The number of phosphoric acid groups is 1. The zero-order valence-corrected chi connectivity index (χ0v) is 14.1. The molecule has 0 aromatic carbocycles. The van der Waals surface area contributed by atoms with Gasteiger partial charge in [-0.25, -0.2) is 9.36 Å². The molecular weight excluding hydrogens is 297 g/mol. The first-order valence-corrected chi connectivity index (χ1v) is 8.40. The minimum Gasteiger partial charge on any atom is -0.463 e. The van der Waals surface area contributed by atoms with E-state index in [9.17, 15) is 9.36 Å². The first kappa shape index (κ1) is 20.3. The number of rotatable bonds is 10. The fourth-order valence-corrected chi connectivity index (χ4v) is 2.25. The average Bonchev–Trinajstić information content (AvgIpc) is 2.29. The summed E-state index contributed by atoms with van der Waals surface area (Å²) in [6.45, 7) is 2.08. The highest BCUT2D eigenvalue weighted by Crippen LogP contribution is 2.36. The van der Waals surface area contributed by atoms with Crippen LogP contribution < -0.4 is 0 Å². The predicted octanol–water partition coefficient (Wildman–Crippen LogP) is 1.46. The van der Waals surface area contributed by atoms with Gasteiger partial charge in [0.1, 0.15) is 0 Å². The molecule has 1 unspecified atom stereocenters. The second kappa shape index (κ2) is 9.33. The van der Waals surface area contributed by atoms with E-state index in [4.69, 9.17) is 14.5 Å². The van der Waals surface area contributed by atoms with Crippen molar-refractivity contribution in [3.63, 3.8) is 0 Å². The highest BCUT2D eigenvalue weighted by Gasteiger charge is 2.25. The van der Waals surface area contributed by atoms with E-state index in [1.54, 1.807) is 13.0 Å². The number of hydrogen-bond donors (Lipinski definition) is 2. The zero-order chi connectivity index (χ0) is 16.5. The van der Waals surface area contributed by atoms with Gasteiger partial charge in [0.15, 0.2) is 0 Å². The number of hydrogen-bond acceptors (Lipinski definition) is 4. The number of ether oxygens (including phenoxy) is 1. The van der Waals surface area contributed by atoms with E-state index in [2.05, 4.69) is 4.52 Å². The second-order valence-corrected chi connectivity index (χ2v) is 6.93. The van der Waals surface area contributed by atoms with Crippen molar-refractivity contribution in [3.8, 4) is 0 Å². The molecule has 0 aromatic rings. The molecule has 0 amide bonds. The topological polar surface area (TPSA) is 93.1 Å². The minimum absolute atomic E-state index is 0.00280. The molecule has 0 saturated carbocycles. The lowest BCUT2D eigenvalue weighted by Gasteiger charge is -2.34. The summed E-state index contributed by atoms with van der Waals surface area (Å²) in [6, 6.07) is 0.164. The van der Waals surface area contributed by atoms with Crippen molar-refractivity contribution in [3.05, 3.63) is 12.2 Å². The van der Waals surface area contributed by atoms with Gasteiger partial charge in [-0.1, -0.05) is 6.08 Å². The van der Waals surface area contributed by atoms with Gasteiger partial charge in [0.25, 0.3) is 0 Å². The number of carbonyl (C=O) groups is 1. The fraction of sp³-hybridized carbons (Fsp3) is 0.769. The van der Waals surface area contributed by atoms with E-state index >= 15 is 0 Å². The molecule has 0 bridgehead atoms. The van der Waals surface area contributed by atoms with Crippen LogP contribution in [0.3, 0.4) is 0 Å². The Kier molecular flexibility index (Phi) is 9.01. The van der Waals surface area contributed by atoms with Crippen LogP contribution in [0.1, 0.15) is 26.2 Å². The Morgan fingerprint density at radius 1 is 1.24 bits per heavy atom. The molecule has 7 nitrogen and oxygen atoms in total. The summed E-state index contributed by atoms with van der Waals surface area (Å²) < 4.78 is 20.8. The number of carbonyl (C=O) groups excluding carboxylic acids is 1. The number of phosphoric ester groups is 1. The number of esters is 1. The molecule has 124 valence electrons.